The fourth-order valence-electron chi connectivity index (χ4n) is 4.28. The lowest BCUT2D eigenvalue weighted by Gasteiger charge is -2.15. The number of H-pyrrole nitrogens is 1. The molecule has 148 valence electrons. The van der Waals surface area contributed by atoms with Gasteiger partial charge in [-0.2, -0.15) is 0 Å². The maximum Gasteiger partial charge on any atom is 0.283 e. The summed E-state index contributed by atoms with van der Waals surface area (Å²) in [6.45, 7) is 5.68. The van der Waals surface area contributed by atoms with Gasteiger partial charge < -0.3 is 9.88 Å². The van der Waals surface area contributed by atoms with Gasteiger partial charge in [-0.05, 0) is 24.6 Å². The van der Waals surface area contributed by atoms with E-state index in [0.717, 1.165) is 45.1 Å². The van der Waals surface area contributed by atoms with E-state index in [1.807, 2.05) is 55.5 Å². The number of aromatic amines is 1. The molecule has 1 aliphatic heterocycles. The van der Waals surface area contributed by atoms with E-state index in [2.05, 4.69) is 4.98 Å². The lowest BCUT2D eigenvalue weighted by Crippen LogP contribution is -3.10. The van der Waals surface area contributed by atoms with Crippen LogP contribution in [-0.2, 0) is 0 Å². The van der Waals surface area contributed by atoms with Crippen LogP contribution in [0.4, 0.5) is 0 Å². The number of aromatic nitrogens is 3. The number of para-hydroxylation sites is 2. The van der Waals surface area contributed by atoms with Crippen molar-refractivity contribution >= 4 is 33.7 Å². The second-order valence-electron chi connectivity index (χ2n) is 7.77. The lowest BCUT2D eigenvalue weighted by molar-refractivity contribution is -0.884. The largest absolute Gasteiger partial charge is 0.349 e. The van der Waals surface area contributed by atoms with Gasteiger partial charge in [-0.25, -0.2) is 4.98 Å². The molecule has 6 heteroatoms. The Labute approximate surface area is 173 Å². The van der Waals surface area contributed by atoms with Crippen molar-refractivity contribution in [3.05, 3.63) is 64.4 Å². The van der Waals surface area contributed by atoms with Crippen molar-refractivity contribution in [2.75, 3.05) is 25.4 Å². The van der Waals surface area contributed by atoms with Crippen molar-refractivity contribution in [1.82, 2.24) is 14.5 Å². The van der Waals surface area contributed by atoms with E-state index in [9.17, 15) is 4.79 Å². The van der Waals surface area contributed by atoms with Crippen LogP contribution in [0.3, 0.4) is 0 Å². The summed E-state index contributed by atoms with van der Waals surface area (Å²) >= 11 is 1.70. The van der Waals surface area contributed by atoms with Crippen LogP contribution in [0.5, 0.6) is 0 Å². The molecule has 29 heavy (non-hydrogen) atoms. The third-order valence-electron chi connectivity index (χ3n) is 5.85. The molecule has 3 heterocycles. The van der Waals surface area contributed by atoms with Crippen LogP contribution in [0.2, 0.25) is 0 Å². The zero-order valence-electron chi connectivity index (χ0n) is 16.6. The molecular formula is C23H25N4OS+. The first-order valence-electron chi connectivity index (χ1n) is 10.3. The Hall–Kier alpha value is -2.57. The van der Waals surface area contributed by atoms with Crippen molar-refractivity contribution < 1.29 is 4.90 Å². The summed E-state index contributed by atoms with van der Waals surface area (Å²) in [4.78, 5) is 23.5. The zero-order valence-corrected chi connectivity index (χ0v) is 17.4. The van der Waals surface area contributed by atoms with Crippen molar-refractivity contribution in [2.24, 2.45) is 0 Å². The molecule has 1 saturated heterocycles. The number of hydrogen-bond donors (Lipinski definition) is 2. The number of rotatable bonds is 5. The molecule has 5 rings (SSSR count). The summed E-state index contributed by atoms with van der Waals surface area (Å²) < 4.78 is 1.79. The number of likely N-dealkylation sites (tertiary alicyclic amines) is 1. The topological polar surface area (TPSA) is 55.1 Å². The van der Waals surface area contributed by atoms with E-state index in [-0.39, 0.29) is 5.56 Å². The molecule has 2 aromatic heterocycles. The minimum Gasteiger partial charge on any atom is -0.349 e. The standard InChI is InChI=1S/C23H24N4OS/c1-16-8-2-5-11-19(16)27-22(28)21-20(17-9-3-4-10-18(17)24-21)25-23(27)29-15-14-26-12-6-7-13-26/h2-5,8-11,24H,6-7,12-15H2,1H3/p+1. The molecule has 2 aromatic carbocycles. The summed E-state index contributed by atoms with van der Waals surface area (Å²) in [6.07, 6.45) is 2.65. The first-order chi connectivity index (χ1) is 14.2. The zero-order chi connectivity index (χ0) is 19.8. The molecule has 0 spiro atoms. The van der Waals surface area contributed by atoms with Crippen LogP contribution in [0, 0.1) is 6.92 Å². The summed E-state index contributed by atoms with van der Waals surface area (Å²) in [5.74, 6) is 0.960. The molecule has 0 aliphatic carbocycles. The maximum atomic E-state index is 13.6. The van der Waals surface area contributed by atoms with E-state index in [1.54, 1.807) is 21.2 Å². The van der Waals surface area contributed by atoms with Crippen LogP contribution in [-0.4, -0.2) is 39.9 Å². The SMILES string of the molecule is Cc1ccccc1-n1c(SCC[NH+]2CCCC2)nc2c([nH]c3ccccc32)c1=O. The molecule has 0 bridgehead atoms. The molecule has 2 N–H and O–H groups in total. The Morgan fingerprint density at radius 2 is 1.86 bits per heavy atom. The van der Waals surface area contributed by atoms with E-state index in [1.165, 1.54) is 25.9 Å². The highest BCUT2D eigenvalue weighted by Gasteiger charge is 2.19. The Kier molecular flexibility index (Phi) is 4.89. The molecule has 4 aromatic rings. The van der Waals surface area contributed by atoms with Gasteiger partial charge in [0.2, 0.25) is 0 Å². The summed E-state index contributed by atoms with van der Waals surface area (Å²) in [6, 6.07) is 16.0. The van der Waals surface area contributed by atoms with Crippen molar-refractivity contribution in [3.8, 4) is 5.69 Å². The Morgan fingerprint density at radius 1 is 1.10 bits per heavy atom. The van der Waals surface area contributed by atoms with Gasteiger partial charge in [0, 0.05) is 23.7 Å². The quantitative estimate of drug-likeness (QED) is 0.397. The number of fused-ring (bicyclic) bond motifs is 3. The van der Waals surface area contributed by atoms with E-state index >= 15 is 0 Å². The fourth-order valence-corrected chi connectivity index (χ4v) is 5.32. The van der Waals surface area contributed by atoms with Crippen molar-refractivity contribution in [1.29, 1.82) is 0 Å². The van der Waals surface area contributed by atoms with E-state index in [4.69, 9.17) is 4.98 Å². The Balaban J connectivity index is 1.65. The van der Waals surface area contributed by atoms with E-state index in [0.29, 0.717) is 5.52 Å². The average Bonchev–Trinajstić information content (AvgIpc) is 3.37. The monoisotopic (exact) mass is 405 g/mol. The number of nitrogens with one attached hydrogen (secondary N) is 2. The molecule has 1 aliphatic rings. The third-order valence-corrected chi connectivity index (χ3v) is 6.79. The van der Waals surface area contributed by atoms with Gasteiger partial charge in [0.25, 0.3) is 5.56 Å². The molecule has 1 fully saturated rings. The van der Waals surface area contributed by atoms with Gasteiger partial charge in [0.15, 0.2) is 5.16 Å². The number of aryl methyl sites for hydroxylation is 1. The normalized spacial score (nSPS) is 14.9. The minimum absolute atomic E-state index is 0.0310. The van der Waals surface area contributed by atoms with Gasteiger partial charge in [-0.1, -0.05) is 48.2 Å². The highest BCUT2D eigenvalue weighted by atomic mass is 32.2. The van der Waals surface area contributed by atoms with Crippen LogP contribution < -0.4 is 10.5 Å². The smallest absolute Gasteiger partial charge is 0.283 e. The molecule has 0 amide bonds. The van der Waals surface area contributed by atoms with Gasteiger partial charge in [0.05, 0.1) is 31.1 Å². The van der Waals surface area contributed by atoms with Crippen LogP contribution in [0.1, 0.15) is 18.4 Å². The Bertz CT molecular complexity index is 1240. The van der Waals surface area contributed by atoms with Crippen molar-refractivity contribution in [2.45, 2.75) is 24.9 Å². The highest BCUT2D eigenvalue weighted by Crippen LogP contribution is 2.26. The maximum absolute atomic E-state index is 13.6. The molecule has 0 radical (unpaired) electrons. The van der Waals surface area contributed by atoms with Crippen LogP contribution >= 0.6 is 11.8 Å². The number of thioether (sulfide) groups is 1. The third kappa shape index (κ3) is 3.36. The Morgan fingerprint density at radius 3 is 2.69 bits per heavy atom. The highest BCUT2D eigenvalue weighted by molar-refractivity contribution is 7.99. The van der Waals surface area contributed by atoms with Gasteiger partial charge >= 0.3 is 0 Å². The minimum atomic E-state index is -0.0310. The summed E-state index contributed by atoms with van der Waals surface area (Å²) in [5, 5.41) is 1.78. The lowest BCUT2D eigenvalue weighted by atomic mass is 10.2. The second-order valence-corrected chi connectivity index (χ2v) is 8.83. The summed E-state index contributed by atoms with van der Waals surface area (Å²) in [5.41, 5.74) is 4.24. The number of benzene rings is 2. The molecule has 0 atom stereocenters. The summed E-state index contributed by atoms with van der Waals surface area (Å²) in [7, 11) is 0. The van der Waals surface area contributed by atoms with Crippen LogP contribution in [0.25, 0.3) is 27.6 Å². The first-order valence-corrected chi connectivity index (χ1v) is 11.3. The molecule has 5 nitrogen and oxygen atoms in total. The predicted molar refractivity (Wildman–Crippen MR) is 119 cm³/mol. The second kappa shape index (κ2) is 7.69. The van der Waals surface area contributed by atoms with Crippen molar-refractivity contribution in [3.63, 3.8) is 0 Å². The molecule has 0 saturated carbocycles. The van der Waals surface area contributed by atoms with Gasteiger partial charge in [-0.15, -0.1) is 0 Å². The average molecular weight is 406 g/mol. The number of quaternary nitrogens is 1. The molecule has 0 unspecified atom stereocenters. The van der Waals surface area contributed by atoms with Crippen LogP contribution in [0.15, 0.2) is 58.5 Å². The molecular weight excluding hydrogens is 380 g/mol. The first kappa shape index (κ1) is 18.5. The van der Waals surface area contributed by atoms with Gasteiger partial charge in [-0.3, -0.25) is 9.36 Å². The van der Waals surface area contributed by atoms with Gasteiger partial charge in [0.1, 0.15) is 11.0 Å². The number of hydrogen-bond acceptors (Lipinski definition) is 3. The predicted octanol–water partition coefficient (Wildman–Crippen LogP) is 2.95. The fraction of sp³-hybridized carbons (Fsp3) is 0.304. The van der Waals surface area contributed by atoms with E-state index < -0.39 is 0 Å². The number of nitrogens with zero attached hydrogens (tertiary/aromatic N) is 2.